The first-order chi connectivity index (χ1) is 15.7. The van der Waals surface area contributed by atoms with E-state index in [0.717, 1.165) is 22.3 Å². The number of likely N-dealkylation sites (tertiary alicyclic amines) is 1. The van der Waals surface area contributed by atoms with Crippen LogP contribution in [0.25, 0.3) is 11.1 Å². The third kappa shape index (κ3) is 4.67. The molecule has 33 heavy (non-hydrogen) atoms. The van der Waals surface area contributed by atoms with Crippen molar-refractivity contribution in [3.63, 3.8) is 0 Å². The van der Waals surface area contributed by atoms with E-state index in [-0.39, 0.29) is 18.9 Å². The number of amides is 2. The van der Waals surface area contributed by atoms with Crippen molar-refractivity contribution in [2.75, 3.05) is 13.2 Å². The monoisotopic (exact) mass is 458 g/mol. The second kappa shape index (κ2) is 8.80. The fourth-order valence-electron chi connectivity index (χ4n) is 4.57. The lowest BCUT2D eigenvalue weighted by atomic mass is 9.98. The van der Waals surface area contributed by atoms with Crippen LogP contribution in [0.4, 0.5) is 13.6 Å². The molecule has 1 saturated heterocycles. The number of fused-ring (bicyclic) bond motifs is 3. The lowest BCUT2D eigenvalue weighted by molar-refractivity contribution is -0.148. The molecular weight excluding hydrogens is 434 g/mol. The average molecular weight is 458 g/mol. The van der Waals surface area contributed by atoms with E-state index >= 15 is 0 Å². The summed E-state index contributed by atoms with van der Waals surface area (Å²) in [6, 6.07) is 13.5. The fraction of sp³-hybridized carbons (Fsp3) is 0.375. The normalized spacial score (nSPS) is 19.5. The number of carboxylic acids is 1. The molecule has 174 valence electrons. The van der Waals surface area contributed by atoms with Gasteiger partial charge < -0.3 is 20.1 Å². The molecule has 2 aromatic rings. The lowest BCUT2D eigenvalue weighted by Crippen LogP contribution is -2.44. The number of rotatable bonds is 6. The predicted molar refractivity (Wildman–Crippen MR) is 115 cm³/mol. The van der Waals surface area contributed by atoms with E-state index in [0.29, 0.717) is 4.90 Å². The van der Waals surface area contributed by atoms with Gasteiger partial charge in [-0.25, -0.2) is 18.4 Å². The first kappa shape index (κ1) is 22.7. The molecule has 0 aromatic heterocycles. The number of halogens is 2. The highest BCUT2D eigenvalue weighted by atomic mass is 19.3. The molecule has 0 saturated carbocycles. The van der Waals surface area contributed by atoms with Gasteiger partial charge in [0.1, 0.15) is 12.6 Å². The van der Waals surface area contributed by atoms with Crippen LogP contribution in [0.2, 0.25) is 0 Å². The third-order valence-electron chi connectivity index (χ3n) is 6.06. The smallest absolute Gasteiger partial charge is 0.407 e. The molecule has 0 spiro atoms. The quantitative estimate of drug-likeness (QED) is 0.689. The molecule has 4 rings (SSSR count). The van der Waals surface area contributed by atoms with Gasteiger partial charge in [0.2, 0.25) is 5.91 Å². The molecule has 2 atom stereocenters. The van der Waals surface area contributed by atoms with Gasteiger partial charge in [-0.3, -0.25) is 4.79 Å². The molecule has 7 nitrogen and oxygen atoms in total. The van der Waals surface area contributed by atoms with Crippen molar-refractivity contribution in [2.24, 2.45) is 0 Å². The van der Waals surface area contributed by atoms with Crippen LogP contribution in [0, 0.1) is 0 Å². The Morgan fingerprint density at radius 2 is 1.70 bits per heavy atom. The van der Waals surface area contributed by atoms with Crippen molar-refractivity contribution in [2.45, 2.75) is 43.7 Å². The van der Waals surface area contributed by atoms with E-state index in [9.17, 15) is 23.2 Å². The SMILES string of the molecule is C[C@@H](CC(=O)N1CC(F)(F)CC1C(=O)O)NC(=O)OCC1c2ccccc2-c2ccccc21. The first-order valence-electron chi connectivity index (χ1n) is 10.7. The average Bonchev–Trinajstić information content (AvgIpc) is 3.26. The molecule has 1 aliphatic carbocycles. The number of nitrogens with zero attached hydrogens (tertiary/aromatic N) is 1. The molecule has 0 bridgehead atoms. The van der Waals surface area contributed by atoms with Crippen LogP contribution in [0.15, 0.2) is 48.5 Å². The van der Waals surface area contributed by atoms with Gasteiger partial charge in [-0.2, -0.15) is 0 Å². The van der Waals surface area contributed by atoms with E-state index in [1.807, 2.05) is 48.5 Å². The number of hydrogen-bond donors (Lipinski definition) is 2. The molecule has 1 aliphatic heterocycles. The molecule has 2 aliphatic rings. The maximum atomic E-state index is 13.6. The summed E-state index contributed by atoms with van der Waals surface area (Å²) in [7, 11) is 0. The number of benzene rings is 2. The first-order valence-corrected chi connectivity index (χ1v) is 10.7. The minimum atomic E-state index is -3.25. The number of carbonyl (C=O) groups is 3. The van der Waals surface area contributed by atoms with Crippen LogP contribution in [0.3, 0.4) is 0 Å². The Morgan fingerprint density at radius 1 is 1.12 bits per heavy atom. The summed E-state index contributed by atoms with van der Waals surface area (Å²) in [6.45, 7) is 0.684. The maximum Gasteiger partial charge on any atom is 0.407 e. The molecule has 0 radical (unpaired) electrons. The van der Waals surface area contributed by atoms with E-state index in [1.54, 1.807) is 0 Å². The van der Waals surface area contributed by atoms with E-state index in [1.165, 1.54) is 6.92 Å². The fourth-order valence-corrected chi connectivity index (χ4v) is 4.57. The molecule has 1 heterocycles. The number of aliphatic carboxylic acids is 1. The largest absolute Gasteiger partial charge is 0.480 e. The standard InChI is InChI=1S/C24H24F2N2O5/c1-14(10-21(29)28-13-24(25,26)11-20(28)22(30)31)27-23(32)33-12-19-17-8-4-2-6-15(17)16-7-3-5-9-18(16)19/h2-9,14,19-20H,10-13H2,1H3,(H,27,32)(H,30,31)/t14-,20?/m0/s1. The predicted octanol–water partition coefficient (Wildman–Crippen LogP) is 3.62. The number of hydrogen-bond acceptors (Lipinski definition) is 4. The Morgan fingerprint density at radius 3 is 2.27 bits per heavy atom. The summed E-state index contributed by atoms with van der Waals surface area (Å²) in [6.07, 6.45) is -1.97. The molecular formula is C24H24F2N2O5. The third-order valence-corrected chi connectivity index (χ3v) is 6.06. The van der Waals surface area contributed by atoms with Crippen LogP contribution in [0.1, 0.15) is 36.8 Å². The van der Waals surface area contributed by atoms with E-state index in [4.69, 9.17) is 9.84 Å². The summed E-state index contributed by atoms with van der Waals surface area (Å²) in [5.74, 6) is -5.60. The van der Waals surface area contributed by atoms with Crippen molar-refractivity contribution >= 4 is 18.0 Å². The number of carboxylic acid groups (broad SMARTS) is 1. The molecule has 2 amide bonds. The summed E-state index contributed by atoms with van der Waals surface area (Å²) in [4.78, 5) is 36.7. The molecule has 2 N–H and O–H groups in total. The van der Waals surface area contributed by atoms with Gasteiger partial charge in [-0.05, 0) is 29.2 Å². The van der Waals surface area contributed by atoms with Crippen LogP contribution in [-0.2, 0) is 14.3 Å². The van der Waals surface area contributed by atoms with E-state index < -0.39 is 48.9 Å². The molecule has 1 fully saturated rings. The van der Waals surface area contributed by atoms with Crippen molar-refractivity contribution < 1.29 is 33.0 Å². The Balaban J connectivity index is 1.33. The van der Waals surface area contributed by atoms with Crippen molar-refractivity contribution in [1.29, 1.82) is 0 Å². The van der Waals surface area contributed by atoms with Crippen LogP contribution in [-0.4, -0.2) is 59.1 Å². The number of alkyl carbamates (subject to hydrolysis) is 1. The number of ether oxygens (including phenoxy) is 1. The summed E-state index contributed by atoms with van der Waals surface area (Å²) < 4.78 is 32.7. The van der Waals surface area contributed by atoms with Gasteiger partial charge in [0.25, 0.3) is 5.92 Å². The zero-order valence-electron chi connectivity index (χ0n) is 18.0. The molecule has 9 heteroatoms. The highest BCUT2D eigenvalue weighted by Gasteiger charge is 2.50. The second-order valence-electron chi connectivity index (χ2n) is 8.51. The van der Waals surface area contributed by atoms with Gasteiger partial charge in [0, 0.05) is 24.8 Å². The number of alkyl halides is 2. The van der Waals surface area contributed by atoms with Gasteiger partial charge >= 0.3 is 12.1 Å². The summed E-state index contributed by atoms with van der Waals surface area (Å²) >= 11 is 0. The van der Waals surface area contributed by atoms with E-state index in [2.05, 4.69) is 5.32 Å². The Kier molecular flexibility index (Phi) is 6.05. The zero-order chi connectivity index (χ0) is 23.8. The summed E-state index contributed by atoms with van der Waals surface area (Å²) in [5.41, 5.74) is 4.31. The summed E-state index contributed by atoms with van der Waals surface area (Å²) in [5, 5.41) is 11.7. The maximum absolute atomic E-state index is 13.6. The number of nitrogens with one attached hydrogen (secondary N) is 1. The van der Waals surface area contributed by atoms with Gasteiger partial charge in [0.05, 0.1) is 6.54 Å². The topological polar surface area (TPSA) is 95.9 Å². The Labute approximate surface area is 189 Å². The molecule has 1 unspecified atom stereocenters. The number of carbonyl (C=O) groups excluding carboxylic acids is 2. The minimum Gasteiger partial charge on any atom is -0.480 e. The Hall–Kier alpha value is -3.49. The lowest BCUT2D eigenvalue weighted by Gasteiger charge is -2.23. The highest BCUT2D eigenvalue weighted by molar-refractivity contribution is 5.85. The van der Waals surface area contributed by atoms with Crippen LogP contribution < -0.4 is 5.32 Å². The van der Waals surface area contributed by atoms with Crippen molar-refractivity contribution in [3.05, 3.63) is 59.7 Å². The van der Waals surface area contributed by atoms with Gasteiger partial charge in [-0.15, -0.1) is 0 Å². The van der Waals surface area contributed by atoms with Crippen LogP contribution in [0.5, 0.6) is 0 Å². The van der Waals surface area contributed by atoms with Crippen LogP contribution >= 0.6 is 0 Å². The second-order valence-corrected chi connectivity index (χ2v) is 8.51. The minimum absolute atomic E-state index is 0.0972. The molecule has 2 aromatic carbocycles. The van der Waals surface area contributed by atoms with Gasteiger partial charge in [0.15, 0.2) is 0 Å². The van der Waals surface area contributed by atoms with Crippen molar-refractivity contribution in [3.8, 4) is 11.1 Å². The Bertz CT molecular complexity index is 1040. The van der Waals surface area contributed by atoms with Gasteiger partial charge in [-0.1, -0.05) is 48.5 Å². The zero-order valence-corrected chi connectivity index (χ0v) is 18.0. The van der Waals surface area contributed by atoms with Crippen molar-refractivity contribution in [1.82, 2.24) is 10.2 Å². The highest BCUT2D eigenvalue weighted by Crippen LogP contribution is 2.44.